The van der Waals surface area contributed by atoms with Crippen LogP contribution in [0.15, 0.2) is 42.5 Å². The van der Waals surface area contributed by atoms with Gasteiger partial charge in [-0.3, -0.25) is 10.0 Å². The lowest BCUT2D eigenvalue weighted by Crippen LogP contribution is -2.24. The minimum Gasteiger partial charge on any atom is -0.493 e. The summed E-state index contributed by atoms with van der Waals surface area (Å²) in [6.07, 6.45) is 0.153. The molecule has 0 unspecified atom stereocenters. The fraction of sp³-hybridized carbons (Fsp3) is 0.214. The maximum absolute atomic E-state index is 11.1. The zero-order chi connectivity index (χ0) is 13.0. The Balaban J connectivity index is 1.98. The molecule has 0 aromatic heterocycles. The van der Waals surface area contributed by atoms with E-state index >= 15 is 0 Å². The van der Waals surface area contributed by atoms with Crippen LogP contribution in [0.5, 0.6) is 5.75 Å². The maximum atomic E-state index is 11.1. The molecular formula is C14H15NO3. The molecule has 0 bridgehead atoms. The second-order valence-corrected chi connectivity index (χ2v) is 4.02. The molecular weight excluding hydrogens is 230 g/mol. The number of nitrogens with zero attached hydrogens (tertiary/aromatic N) is 1. The number of ether oxygens (including phenoxy) is 1. The maximum Gasteiger partial charge on any atom is 0.249 e. The molecule has 4 nitrogen and oxygen atoms in total. The Kier molecular flexibility index (Phi) is 3.79. The summed E-state index contributed by atoms with van der Waals surface area (Å²) >= 11 is 0. The zero-order valence-corrected chi connectivity index (χ0v) is 10.2. The van der Waals surface area contributed by atoms with Gasteiger partial charge in [0.05, 0.1) is 13.0 Å². The van der Waals surface area contributed by atoms with Crippen LogP contribution in [0.3, 0.4) is 0 Å². The highest BCUT2D eigenvalue weighted by Gasteiger charge is 2.05. The largest absolute Gasteiger partial charge is 0.493 e. The van der Waals surface area contributed by atoms with Crippen LogP contribution in [0.4, 0.5) is 0 Å². The van der Waals surface area contributed by atoms with Crippen molar-refractivity contribution in [3.05, 3.63) is 42.5 Å². The Bertz CT molecular complexity index is 551. The molecule has 94 valence electrons. The predicted molar refractivity (Wildman–Crippen MR) is 68.6 cm³/mol. The third kappa shape index (κ3) is 2.99. The highest BCUT2D eigenvalue weighted by Crippen LogP contribution is 2.20. The van der Waals surface area contributed by atoms with Crippen molar-refractivity contribution in [3.63, 3.8) is 0 Å². The van der Waals surface area contributed by atoms with Gasteiger partial charge in [0.2, 0.25) is 5.91 Å². The molecule has 1 amide bonds. The summed E-state index contributed by atoms with van der Waals surface area (Å²) in [6, 6.07) is 13.8. The average molecular weight is 245 g/mol. The number of hydroxylamine groups is 2. The molecule has 0 aliphatic heterocycles. The Hall–Kier alpha value is -2.07. The summed E-state index contributed by atoms with van der Waals surface area (Å²) < 4.78 is 5.48. The average Bonchev–Trinajstić information content (AvgIpc) is 2.38. The van der Waals surface area contributed by atoms with Crippen molar-refractivity contribution >= 4 is 16.7 Å². The van der Waals surface area contributed by atoms with Gasteiger partial charge < -0.3 is 4.74 Å². The summed E-state index contributed by atoms with van der Waals surface area (Å²) in [5.74, 6) is 0.359. The molecule has 0 radical (unpaired) electrons. The van der Waals surface area contributed by atoms with Gasteiger partial charge in [-0.05, 0) is 22.9 Å². The number of amides is 1. The standard InChI is InChI=1S/C14H15NO3/c1-15(17)14(16)8-9-18-13-7-6-11-4-2-3-5-12(11)10-13/h2-7,10,17H,8-9H2,1H3. The van der Waals surface area contributed by atoms with Crippen molar-refractivity contribution in [2.75, 3.05) is 13.7 Å². The van der Waals surface area contributed by atoms with E-state index in [0.29, 0.717) is 5.06 Å². The summed E-state index contributed by atoms with van der Waals surface area (Å²) in [4.78, 5) is 11.1. The van der Waals surface area contributed by atoms with E-state index in [2.05, 4.69) is 0 Å². The lowest BCUT2D eigenvalue weighted by atomic mass is 10.1. The minimum atomic E-state index is -0.365. The molecule has 2 rings (SSSR count). The monoisotopic (exact) mass is 245 g/mol. The number of hydrogen-bond donors (Lipinski definition) is 1. The van der Waals surface area contributed by atoms with Gasteiger partial charge in [-0.15, -0.1) is 0 Å². The van der Waals surface area contributed by atoms with Crippen LogP contribution in [-0.2, 0) is 4.79 Å². The molecule has 0 fully saturated rings. The first-order valence-corrected chi connectivity index (χ1v) is 5.74. The van der Waals surface area contributed by atoms with E-state index < -0.39 is 0 Å². The molecule has 18 heavy (non-hydrogen) atoms. The molecule has 1 N–H and O–H groups in total. The molecule has 2 aromatic carbocycles. The number of hydrogen-bond acceptors (Lipinski definition) is 3. The summed E-state index contributed by atoms with van der Waals surface area (Å²) in [5, 5.41) is 11.7. The number of fused-ring (bicyclic) bond motifs is 1. The number of carbonyl (C=O) groups excluding carboxylic acids is 1. The quantitative estimate of drug-likeness (QED) is 0.665. The summed E-state index contributed by atoms with van der Waals surface area (Å²) in [5.41, 5.74) is 0. The Morgan fingerprint density at radius 3 is 2.67 bits per heavy atom. The van der Waals surface area contributed by atoms with Crippen LogP contribution in [0.1, 0.15) is 6.42 Å². The molecule has 0 heterocycles. The summed E-state index contributed by atoms with van der Waals surface area (Å²) in [7, 11) is 1.30. The highest BCUT2D eigenvalue weighted by atomic mass is 16.5. The third-order valence-electron chi connectivity index (χ3n) is 2.67. The van der Waals surface area contributed by atoms with E-state index in [4.69, 9.17) is 9.94 Å². The second kappa shape index (κ2) is 5.51. The van der Waals surface area contributed by atoms with Crippen molar-refractivity contribution in [1.29, 1.82) is 0 Å². The molecule has 0 spiro atoms. The first-order chi connectivity index (χ1) is 8.66. The minimum absolute atomic E-state index is 0.153. The lowest BCUT2D eigenvalue weighted by Gasteiger charge is -2.09. The number of benzene rings is 2. The number of rotatable bonds is 4. The topological polar surface area (TPSA) is 49.8 Å². The highest BCUT2D eigenvalue weighted by molar-refractivity contribution is 5.83. The fourth-order valence-corrected chi connectivity index (χ4v) is 1.68. The molecule has 0 aliphatic carbocycles. The van der Waals surface area contributed by atoms with Crippen LogP contribution < -0.4 is 4.74 Å². The van der Waals surface area contributed by atoms with Gasteiger partial charge in [-0.2, -0.15) is 0 Å². The smallest absolute Gasteiger partial charge is 0.249 e. The van der Waals surface area contributed by atoms with Crippen molar-refractivity contribution < 1.29 is 14.7 Å². The van der Waals surface area contributed by atoms with Gasteiger partial charge in [-0.1, -0.05) is 30.3 Å². The summed E-state index contributed by atoms with van der Waals surface area (Å²) in [6.45, 7) is 0.252. The molecule has 0 atom stereocenters. The van der Waals surface area contributed by atoms with Crippen molar-refractivity contribution in [2.24, 2.45) is 0 Å². The van der Waals surface area contributed by atoms with E-state index in [1.807, 2.05) is 42.5 Å². The van der Waals surface area contributed by atoms with E-state index in [9.17, 15) is 4.79 Å². The first-order valence-electron chi connectivity index (χ1n) is 5.74. The van der Waals surface area contributed by atoms with E-state index in [-0.39, 0.29) is 18.9 Å². The van der Waals surface area contributed by atoms with Crippen LogP contribution in [0.25, 0.3) is 10.8 Å². The Morgan fingerprint density at radius 1 is 1.22 bits per heavy atom. The van der Waals surface area contributed by atoms with Gasteiger partial charge in [0.15, 0.2) is 0 Å². The van der Waals surface area contributed by atoms with Gasteiger partial charge in [0, 0.05) is 7.05 Å². The zero-order valence-electron chi connectivity index (χ0n) is 10.2. The van der Waals surface area contributed by atoms with Crippen molar-refractivity contribution in [1.82, 2.24) is 5.06 Å². The normalized spacial score (nSPS) is 10.3. The van der Waals surface area contributed by atoms with Gasteiger partial charge >= 0.3 is 0 Å². The van der Waals surface area contributed by atoms with Gasteiger partial charge in [0.25, 0.3) is 0 Å². The van der Waals surface area contributed by atoms with E-state index in [1.54, 1.807) is 0 Å². The van der Waals surface area contributed by atoms with E-state index in [1.165, 1.54) is 7.05 Å². The molecule has 0 saturated heterocycles. The fourth-order valence-electron chi connectivity index (χ4n) is 1.68. The molecule has 4 heteroatoms. The first kappa shape index (κ1) is 12.4. The van der Waals surface area contributed by atoms with Crippen LogP contribution in [0, 0.1) is 0 Å². The van der Waals surface area contributed by atoms with Crippen LogP contribution in [0.2, 0.25) is 0 Å². The van der Waals surface area contributed by atoms with E-state index in [0.717, 1.165) is 16.5 Å². The predicted octanol–water partition coefficient (Wildman–Crippen LogP) is 2.46. The second-order valence-electron chi connectivity index (χ2n) is 4.02. The third-order valence-corrected chi connectivity index (χ3v) is 2.67. The molecule has 0 saturated carbocycles. The Morgan fingerprint density at radius 2 is 1.94 bits per heavy atom. The van der Waals surface area contributed by atoms with Crippen LogP contribution in [-0.4, -0.2) is 29.8 Å². The van der Waals surface area contributed by atoms with Crippen LogP contribution >= 0.6 is 0 Å². The Labute approximate surface area is 105 Å². The SMILES string of the molecule is CN(O)C(=O)CCOc1ccc2ccccc2c1. The molecule has 2 aromatic rings. The van der Waals surface area contributed by atoms with Crippen molar-refractivity contribution in [2.45, 2.75) is 6.42 Å². The lowest BCUT2D eigenvalue weighted by molar-refractivity contribution is -0.159. The molecule has 0 aliphatic rings. The number of carbonyl (C=O) groups is 1. The van der Waals surface area contributed by atoms with Gasteiger partial charge in [-0.25, -0.2) is 5.06 Å². The van der Waals surface area contributed by atoms with Gasteiger partial charge in [0.1, 0.15) is 5.75 Å². The van der Waals surface area contributed by atoms with Crippen molar-refractivity contribution in [3.8, 4) is 5.75 Å².